The highest BCUT2D eigenvalue weighted by atomic mass is 32.1. The summed E-state index contributed by atoms with van der Waals surface area (Å²) in [5.41, 5.74) is 0. The Labute approximate surface area is 89.8 Å². The number of hydrogen-bond acceptors (Lipinski definition) is 3. The zero-order chi connectivity index (χ0) is 9.97. The van der Waals surface area contributed by atoms with Gasteiger partial charge in [-0.2, -0.15) is 0 Å². The van der Waals surface area contributed by atoms with Gasteiger partial charge in [0.05, 0.1) is 5.01 Å². The van der Waals surface area contributed by atoms with Gasteiger partial charge < -0.3 is 5.32 Å². The van der Waals surface area contributed by atoms with Gasteiger partial charge in [-0.1, -0.05) is 13.8 Å². The predicted octanol–water partition coefficient (Wildman–Crippen LogP) is 2.77. The summed E-state index contributed by atoms with van der Waals surface area (Å²) >= 11 is 1.88. The molecule has 0 bridgehead atoms. The van der Waals surface area contributed by atoms with Crippen LogP contribution in [-0.4, -0.2) is 11.5 Å². The summed E-state index contributed by atoms with van der Waals surface area (Å²) in [6, 6.07) is 0. The van der Waals surface area contributed by atoms with Gasteiger partial charge in [-0.25, -0.2) is 4.98 Å². The number of rotatable bonds is 5. The van der Waals surface area contributed by atoms with Gasteiger partial charge in [0.25, 0.3) is 0 Å². The van der Waals surface area contributed by atoms with Crippen LogP contribution >= 0.6 is 11.3 Å². The van der Waals surface area contributed by atoms with E-state index in [1.807, 2.05) is 17.5 Å². The molecule has 0 aliphatic heterocycles. The van der Waals surface area contributed by atoms with E-state index in [0.29, 0.717) is 0 Å². The van der Waals surface area contributed by atoms with Crippen molar-refractivity contribution in [1.29, 1.82) is 0 Å². The number of aromatic nitrogens is 1. The standard InChI is InChI=1S/C11H18N2S/c1-8(2)5-12-6-10-7-13-11(14-10)9-3-4-9/h7-9,12H,3-6H2,1-2H3. The Bertz CT molecular complexity index is 289. The minimum atomic E-state index is 0.728. The van der Waals surface area contributed by atoms with Crippen LogP contribution in [0, 0.1) is 5.92 Å². The first kappa shape index (κ1) is 10.1. The maximum absolute atomic E-state index is 4.45. The van der Waals surface area contributed by atoms with Crippen molar-refractivity contribution in [1.82, 2.24) is 10.3 Å². The molecule has 1 N–H and O–H groups in total. The molecule has 14 heavy (non-hydrogen) atoms. The van der Waals surface area contributed by atoms with Crippen molar-refractivity contribution in [3.63, 3.8) is 0 Å². The fourth-order valence-corrected chi connectivity index (χ4v) is 2.46. The normalized spacial score (nSPS) is 16.5. The Balaban J connectivity index is 1.78. The summed E-state index contributed by atoms with van der Waals surface area (Å²) in [6.45, 7) is 6.55. The third-order valence-electron chi connectivity index (χ3n) is 2.35. The summed E-state index contributed by atoms with van der Waals surface area (Å²) in [5, 5.41) is 4.80. The number of hydrogen-bond donors (Lipinski definition) is 1. The Morgan fingerprint density at radius 1 is 1.57 bits per heavy atom. The largest absolute Gasteiger partial charge is 0.312 e. The molecule has 1 aliphatic rings. The first-order valence-corrected chi connectivity index (χ1v) is 6.22. The maximum atomic E-state index is 4.45. The summed E-state index contributed by atoms with van der Waals surface area (Å²) in [4.78, 5) is 5.84. The van der Waals surface area contributed by atoms with Crippen LogP contribution in [0.1, 0.15) is 42.5 Å². The Hall–Kier alpha value is -0.410. The second kappa shape index (κ2) is 4.41. The van der Waals surface area contributed by atoms with Gasteiger partial charge in [-0.15, -0.1) is 11.3 Å². The van der Waals surface area contributed by atoms with Gasteiger partial charge in [-0.05, 0) is 25.3 Å². The lowest BCUT2D eigenvalue weighted by Gasteiger charge is -2.04. The molecule has 0 atom stereocenters. The molecule has 0 aromatic carbocycles. The van der Waals surface area contributed by atoms with Crippen molar-refractivity contribution in [2.75, 3.05) is 6.54 Å². The zero-order valence-electron chi connectivity index (χ0n) is 8.92. The number of nitrogens with zero attached hydrogens (tertiary/aromatic N) is 1. The summed E-state index contributed by atoms with van der Waals surface area (Å²) < 4.78 is 0. The van der Waals surface area contributed by atoms with Crippen LogP contribution in [0.5, 0.6) is 0 Å². The SMILES string of the molecule is CC(C)CNCc1cnc(C2CC2)s1. The summed E-state index contributed by atoms with van der Waals surface area (Å²) in [6.07, 6.45) is 4.74. The lowest BCUT2D eigenvalue weighted by atomic mass is 10.2. The molecule has 1 heterocycles. The van der Waals surface area contributed by atoms with Crippen LogP contribution in [0.15, 0.2) is 6.20 Å². The molecule has 0 saturated heterocycles. The molecule has 0 radical (unpaired) electrons. The molecular weight excluding hydrogens is 192 g/mol. The molecule has 2 rings (SSSR count). The van der Waals surface area contributed by atoms with Crippen molar-refractivity contribution in [2.45, 2.75) is 39.2 Å². The van der Waals surface area contributed by atoms with E-state index in [4.69, 9.17) is 0 Å². The smallest absolute Gasteiger partial charge is 0.0959 e. The maximum Gasteiger partial charge on any atom is 0.0959 e. The third kappa shape index (κ3) is 2.79. The van der Waals surface area contributed by atoms with E-state index >= 15 is 0 Å². The predicted molar refractivity (Wildman–Crippen MR) is 60.6 cm³/mol. The van der Waals surface area contributed by atoms with Crippen molar-refractivity contribution in [3.8, 4) is 0 Å². The highest BCUT2D eigenvalue weighted by molar-refractivity contribution is 7.11. The highest BCUT2D eigenvalue weighted by Gasteiger charge is 2.26. The molecular formula is C11H18N2S. The van der Waals surface area contributed by atoms with Gasteiger partial charge in [-0.3, -0.25) is 0 Å². The van der Waals surface area contributed by atoms with Crippen molar-refractivity contribution < 1.29 is 0 Å². The first-order chi connectivity index (χ1) is 6.75. The Morgan fingerprint density at radius 3 is 3.00 bits per heavy atom. The lowest BCUT2D eigenvalue weighted by molar-refractivity contribution is 0.554. The van der Waals surface area contributed by atoms with Gasteiger partial charge in [0.1, 0.15) is 0 Å². The second-order valence-corrected chi connectivity index (χ2v) is 5.61. The second-order valence-electron chi connectivity index (χ2n) is 4.46. The summed E-state index contributed by atoms with van der Waals surface area (Å²) in [7, 11) is 0. The van der Waals surface area contributed by atoms with Crippen LogP contribution in [-0.2, 0) is 6.54 Å². The minimum absolute atomic E-state index is 0.728. The van der Waals surface area contributed by atoms with Crippen LogP contribution in [0.3, 0.4) is 0 Å². The Morgan fingerprint density at radius 2 is 2.36 bits per heavy atom. The first-order valence-electron chi connectivity index (χ1n) is 5.41. The molecule has 0 unspecified atom stereocenters. The van der Waals surface area contributed by atoms with E-state index in [9.17, 15) is 0 Å². The minimum Gasteiger partial charge on any atom is -0.312 e. The fraction of sp³-hybridized carbons (Fsp3) is 0.727. The monoisotopic (exact) mass is 210 g/mol. The van der Waals surface area contributed by atoms with E-state index in [0.717, 1.165) is 24.9 Å². The molecule has 1 fully saturated rings. The number of thiazole rings is 1. The van der Waals surface area contributed by atoms with Crippen LogP contribution in [0.2, 0.25) is 0 Å². The molecule has 1 saturated carbocycles. The van der Waals surface area contributed by atoms with Crippen molar-refractivity contribution in [2.24, 2.45) is 5.92 Å². The van der Waals surface area contributed by atoms with Crippen molar-refractivity contribution >= 4 is 11.3 Å². The van der Waals surface area contributed by atoms with Crippen LogP contribution in [0.4, 0.5) is 0 Å². The van der Waals surface area contributed by atoms with Gasteiger partial charge in [0.15, 0.2) is 0 Å². The van der Waals surface area contributed by atoms with Gasteiger partial charge >= 0.3 is 0 Å². The molecule has 2 nitrogen and oxygen atoms in total. The zero-order valence-corrected chi connectivity index (χ0v) is 9.73. The third-order valence-corrected chi connectivity index (χ3v) is 3.51. The molecule has 0 spiro atoms. The molecule has 78 valence electrons. The van der Waals surface area contributed by atoms with Crippen LogP contribution < -0.4 is 5.32 Å². The van der Waals surface area contributed by atoms with Gasteiger partial charge in [0.2, 0.25) is 0 Å². The average molecular weight is 210 g/mol. The fourth-order valence-electron chi connectivity index (χ4n) is 1.41. The lowest BCUT2D eigenvalue weighted by Crippen LogP contribution is -2.18. The Kier molecular flexibility index (Phi) is 3.19. The molecule has 0 amide bonds. The van der Waals surface area contributed by atoms with Crippen molar-refractivity contribution in [3.05, 3.63) is 16.1 Å². The molecule has 1 aliphatic carbocycles. The van der Waals surface area contributed by atoms with E-state index < -0.39 is 0 Å². The topological polar surface area (TPSA) is 24.9 Å². The molecule has 1 aromatic heterocycles. The van der Waals surface area contributed by atoms with E-state index in [-0.39, 0.29) is 0 Å². The quantitative estimate of drug-likeness (QED) is 0.808. The van der Waals surface area contributed by atoms with Gasteiger partial charge in [0, 0.05) is 23.5 Å². The summed E-state index contributed by atoms with van der Waals surface area (Å²) in [5.74, 6) is 1.53. The average Bonchev–Trinajstić information content (AvgIpc) is 2.87. The number of nitrogens with one attached hydrogen (secondary N) is 1. The van der Waals surface area contributed by atoms with E-state index in [2.05, 4.69) is 24.1 Å². The van der Waals surface area contributed by atoms with E-state index in [1.165, 1.54) is 22.7 Å². The van der Waals surface area contributed by atoms with E-state index in [1.54, 1.807) is 0 Å². The molecule has 1 aromatic rings. The molecule has 3 heteroatoms. The van der Waals surface area contributed by atoms with Crippen LogP contribution in [0.25, 0.3) is 0 Å². The highest BCUT2D eigenvalue weighted by Crippen LogP contribution is 2.41.